The van der Waals surface area contributed by atoms with Gasteiger partial charge < -0.3 is 14.4 Å². The predicted molar refractivity (Wildman–Crippen MR) is 69.0 cm³/mol. The summed E-state index contributed by atoms with van der Waals surface area (Å²) in [4.78, 5) is 18.0. The fraction of sp³-hybridized carbons (Fsp3) is 0.538. The quantitative estimate of drug-likeness (QED) is 0.736. The summed E-state index contributed by atoms with van der Waals surface area (Å²) >= 11 is 5.71. The molecule has 1 aromatic rings. The van der Waals surface area contributed by atoms with E-state index in [-0.39, 0.29) is 5.91 Å². The van der Waals surface area contributed by atoms with Crippen LogP contribution in [0.2, 0.25) is 5.15 Å². The Bertz CT molecular complexity index is 461. The molecule has 5 nitrogen and oxygen atoms in total. The monoisotopic (exact) mass is 282 g/mol. The SMILES string of the molecule is O=C(c1ccc(Cl)nc1)N1CCC2(CC1)OCCO2. The van der Waals surface area contributed by atoms with Crippen molar-refractivity contribution in [2.24, 2.45) is 0 Å². The normalized spacial score (nSPS) is 21.8. The third kappa shape index (κ3) is 2.59. The van der Waals surface area contributed by atoms with E-state index < -0.39 is 5.79 Å². The second-order valence-corrected chi connectivity index (χ2v) is 5.16. The standard InChI is InChI=1S/C13H15ClN2O3/c14-11-2-1-10(9-15-11)12(17)16-5-3-13(4-6-16)18-7-8-19-13/h1-2,9H,3-8H2. The first kappa shape index (κ1) is 12.8. The Morgan fingerprint density at radius 1 is 1.26 bits per heavy atom. The highest BCUT2D eigenvalue weighted by Gasteiger charge is 2.40. The summed E-state index contributed by atoms with van der Waals surface area (Å²) < 4.78 is 11.3. The molecule has 0 atom stereocenters. The van der Waals surface area contributed by atoms with Crippen molar-refractivity contribution in [2.75, 3.05) is 26.3 Å². The minimum absolute atomic E-state index is 0.0167. The van der Waals surface area contributed by atoms with E-state index >= 15 is 0 Å². The van der Waals surface area contributed by atoms with Crippen LogP contribution in [0.4, 0.5) is 0 Å². The van der Waals surface area contributed by atoms with Crippen molar-refractivity contribution in [1.82, 2.24) is 9.88 Å². The number of piperidine rings is 1. The highest BCUT2D eigenvalue weighted by Crippen LogP contribution is 2.31. The lowest BCUT2D eigenvalue weighted by atomic mass is 10.0. The Kier molecular flexibility index (Phi) is 3.43. The van der Waals surface area contributed by atoms with Gasteiger partial charge in [0.2, 0.25) is 0 Å². The zero-order valence-electron chi connectivity index (χ0n) is 10.5. The second-order valence-electron chi connectivity index (χ2n) is 4.77. The summed E-state index contributed by atoms with van der Waals surface area (Å²) in [5.41, 5.74) is 0.564. The zero-order chi connectivity index (χ0) is 13.3. The Balaban J connectivity index is 1.64. The Morgan fingerprint density at radius 3 is 2.53 bits per heavy atom. The average Bonchev–Trinajstić information content (AvgIpc) is 2.88. The molecule has 1 amide bonds. The van der Waals surface area contributed by atoms with Crippen LogP contribution < -0.4 is 0 Å². The van der Waals surface area contributed by atoms with Crippen molar-refractivity contribution in [3.8, 4) is 0 Å². The maximum atomic E-state index is 12.3. The van der Waals surface area contributed by atoms with E-state index in [9.17, 15) is 4.79 Å². The van der Waals surface area contributed by atoms with Gasteiger partial charge in [0.15, 0.2) is 5.79 Å². The lowest BCUT2D eigenvalue weighted by Crippen LogP contribution is -2.47. The molecule has 0 bridgehead atoms. The average molecular weight is 283 g/mol. The topological polar surface area (TPSA) is 51.7 Å². The van der Waals surface area contributed by atoms with Crippen LogP contribution in [-0.4, -0.2) is 47.9 Å². The largest absolute Gasteiger partial charge is 0.347 e. The number of hydrogen-bond acceptors (Lipinski definition) is 4. The Morgan fingerprint density at radius 2 is 1.95 bits per heavy atom. The molecule has 102 valence electrons. The van der Waals surface area contributed by atoms with Crippen molar-refractivity contribution < 1.29 is 14.3 Å². The number of aromatic nitrogens is 1. The Labute approximate surface area is 116 Å². The molecule has 0 aromatic carbocycles. The molecule has 2 aliphatic heterocycles. The van der Waals surface area contributed by atoms with E-state index in [0.717, 1.165) is 12.8 Å². The smallest absolute Gasteiger partial charge is 0.255 e. The van der Waals surface area contributed by atoms with Gasteiger partial charge in [0.25, 0.3) is 5.91 Å². The van der Waals surface area contributed by atoms with Gasteiger partial charge in [0, 0.05) is 32.1 Å². The van der Waals surface area contributed by atoms with Gasteiger partial charge in [-0.3, -0.25) is 4.79 Å². The fourth-order valence-electron chi connectivity index (χ4n) is 2.52. The van der Waals surface area contributed by atoms with Gasteiger partial charge in [0.05, 0.1) is 18.8 Å². The molecular weight excluding hydrogens is 268 g/mol. The molecule has 19 heavy (non-hydrogen) atoms. The number of nitrogens with zero attached hydrogens (tertiary/aromatic N) is 2. The number of carbonyl (C=O) groups excluding carboxylic acids is 1. The van der Waals surface area contributed by atoms with Crippen molar-refractivity contribution in [2.45, 2.75) is 18.6 Å². The lowest BCUT2D eigenvalue weighted by molar-refractivity contribution is -0.181. The van der Waals surface area contributed by atoms with E-state index in [1.807, 2.05) is 0 Å². The number of likely N-dealkylation sites (tertiary alicyclic amines) is 1. The summed E-state index contributed by atoms with van der Waals surface area (Å²) in [7, 11) is 0. The van der Waals surface area contributed by atoms with Crippen LogP contribution in [0.3, 0.4) is 0 Å². The molecule has 6 heteroatoms. The minimum Gasteiger partial charge on any atom is -0.347 e. The highest BCUT2D eigenvalue weighted by molar-refractivity contribution is 6.29. The number of carbonyl (C=O) groups is 1. The molecule has 3 rings (SSSR count). The van der Waals surface area contributed by atoms with Crippen LogP contribution in [0, 0.1) is 0 Å². The number of rotatable bonds is 1. The van der Waals surface area contributed by atoms with Crippen LogP contribution in [-0.2, 0) is 9.47 Å². The van der Waals surface area contributed by atoms with Crippen LogP contribution in [0.1, 0.15) is 23.2 Å². The summed E-state index contributed by atoms with van der Waals surface area (Å²) in [6.45, 7) is 2.58. The number of amides is 1. The number of ether oxygens (including phenoxy) is 2. The molecule has 2 aliphatic rings. The van der Waals surface area contributed by atoms with Gasteiger partial charge in [-0.25, -0.2) is 4.98 Å². The second kappa shape index (κ2) is 5.07. The summed E-state index contributed by atoms with van der Waals surface area (Å²) in [6.07, 6.45) is 2.96. The number of hydrogen-bond donors (Lipinski definition) is 0. The van der Waals surface area contributed by atoms with Crippen LogP contribution in [0.25, 0.3) is 0 Å². The Hall–Kier alpha value is -1.17. The van der Waals surface area contributed by atoms with Gasteiger partial charge in [-0.05, 0) is 12.1 Å². The first-order chi connectivity index (χ1) is 9.19. The molecule has 2 fully saturated rings. The molecular formula is C13H15ClN2O3. The molecule has 0 saturated carbocycles. The summed E-state index contributed by atoms with van der Waals surface area (Å²) in [5, 5.41) is 0.391. The van der Waals surface area contributed by atoms with Gasteiger partial charge in [-0.15, -0.1) is 0 Å². The fourth-order valence-corrected chi connectivity index (χ4v) is 2.63. The van der Waals surface area contributed by atoms with Crippen LogP contribution >= 0.6 is 11.6 Å². The van der Waals surface area contributed by atoms with Gasteiger partial charge in [-0.1, -0.05) is 11.6 Å². The molecule has 3 heterocycles. The van der Waals surface area contributed by atoms with Crippen molar-refractivity contribution in [1.29, 1.82) is 0 Å². The highest BCUT2D eigenvalue weighted by atomic mass is 35.5. The third-order valence-electron chi connectivity index (χ3n) is 3.60. The maximum absolute atomic E-state index is 12.3. The molecule has 0 unspecified atom stereocenters. The van der Waals surface area contributed by atoms with Crippen LogP contribution in [0.5, 0.6) is 0 Å². The molecule has 2 saturated heterocycles. The van der Waals surface area contributed by atoms with Gasteiger partial charge in [-0.2, -0.15) is 0 Å². The molecule has 0 radical (unpaired) electrons. The van der Waals surface area contributed by atoms with E-state index in [2.05, 4.69) is 4.98 Å². The van der Waals surface area contributed by atoms with E-state index in [0.29, 0.717) is 37.0 Å². The van der Waals surface area contributed by atoms with E-state index in [1.54, 1.807) is 17.0 Å². The lowest BCUT2D eigenvalue weighted by Gasteiger charge is -2.37. The maximum Gasteiger partial charge on any atom is 0.255 e. The molecule has 1 spiro atoms. The zero-order valence-corrected chi connectivity index (χ0v) is 11.2. The van der Waals surface area contributed by atoms with Crippen molar-refractivity contribution in [3.63, 3.8) is 0 Å². The predicted octanol–water partition coefficient (Wildman–Crippen LogP) is 1.71. The third-order valence-corrected chi connectivity index (χ3v) is 3.82. The van der Waals surface area contributed by atoms with Crippen molar-refractivity contribution >= 4 is 17.5 Å². The molecule has 1 aromatic heterocycles. The molecule has 0 N–H and O–H groups in total. The first-order valence-electron chi connectivity index (χ1n) is 6.37. The van der Waals surface area contributed by atoms with E-state index in [4.69, 9.17) is 21.1 Å². The number of pyridine rings is 1. The minimum atomic E-state index is -0.449. The van der Waals surface area contributed by atoms with Gasteiger partial charge >= 0.3 is 0 Å². The summed E-state index contributed by atoms with van der Waals surface area (Å²) in [5.74, 6) is -0.466. The molecule has 0 aliphatic carbocycles. The van der Waals surface area contributed by atoms with Crippen molar-refractivity contribution in [3.05, 3.63) is 29.0 Å². The summed E-state index contributed by atoms with van der Waals surface area (Å²) in [6, 6.07) is 3.33. The first-order valence-corrected chi connectivity index (χ1v) is 6.75. The van der Waals surface area contributed by atoms with Crippen LogP contribution in [0.15, 0.2) is 18.3 Å². The number of halogens is 1. The van der Waals surface area contributed by atoms with E-state index in [1.165, 1.54) is 6.20 Å². The van der Waals surface area contributed by atoms with Gasteiger partial charge in [0.1, 0.15) is 5.15 Å².